The van der Waals surface area contributed by atoms with Crippen molar-refractivity contribution in [1.29, 1.82) is 0 Å². The minimum Gasteiger partial charge on any atom is -0.0916 e. The van der Waals surface area contributed by atoms with Crippen LogP contribution < -0.4 is 0 Å². The van der Waals surface area contributed by atoms with E-state index in [4.69, 9.17) is 0 Å². The van der Waals surface area contributed by atoms with Gasteiger partial charge in [-0.15, -0.1) is 0 Å². The van der Waals surface area contributed by atoms with Crippen LogP contribution in [-0.2, 0) is 0 Å². The lowest BCUT2D eigenvalue weighted by Gasteiger charge is -2.17. The van der Waals surface area contributed by atoms with Gasteiger partial charge in [-0.25, -0.2) is 0 Å². The molecule has 0 spiro atoms. The minimum atomic E-state index is -0.850. The summed E-state index contributed by atoms with van der Waals surface area (Å²) >= 11 is 15.8. The van der Waals surface area contributed by atoms with Crippen molar-refractivity contribution in [2.75, 3.05) is 0 Å². The van der Waals surface area contributed by atoms with Gasteiger partial charge in [-0.2, -0.15) is 0 Å². The van der Waals surface area contributed by atoms with E-state index < -0.39 is 0.163 Å². The molecule has 0 amide bonds. The summed E-state index contributed by atoms with van der Waals surface area (Å²) in [4.78, 5) is 0. The van der Waals surface area contributed by atoms with Gasteiger partial charge in [-0.1, -0.05) is 131 Å². The standard InChI is InChI=1S/I6Si2/c1-7(2,3)8(4,5)6. The first kappa shape index (κ1) is 12.8. The molecule has 0 saturated carbocycles. The fourth-order valence-electron chi connectivity index (χ4n) is 0. The smallest absolute Gasteiger partial charge is 0.0916 e. The maximum atomic E-state index is 2.63. The summed E-state index contributed by atoms with van der Waals surface area (Å²) in [6.07, 6.45) is 0. The van der Waals surface area contributed by atoms with Crippen LogP contribution in [0.3, 0.4) is 0 Å². The van der Waals surface area contributed by atoms with Crippen molar-refractivity contribution in [2.24, 2.45) is 0 Å². The highest BCUT2D eigenvalue weighted by Crippen LogP contribution is 2.49. The van der Waals surface area contributed by atoms with Crippen molar-refractivity contribution in [1.82, 2.24) is 0 Å². The molecule has 0 nitrogen and oxygen atoms in total. The van der Waals surface area contributed by atoms with Gasteiger partial charge in [0.15, 0.2) is 0 Å². The van der Waals surface area contributed by atoms with Crippen molar-refractivity contribution >= 4 is 131 Å². The van der Waals surface area contributed by atoms with E-state index in [-0.39, 0.29) is 0 Å². The van der Waals surface area contributed by atoms with E-state index in [1.54, 1.807) is 0 Å². The molecule has 0 radical (unpaired) electrons. The zero-order chi connectivity index (χ0) is 7.00. The number of halogens is 6. The largest absolute Gasteiger partial charge is 0.275 e. The summed E-state index contributed by atoms with van der Waals surface area (Å²) in [7, 11) is 0. The summed E-state index contributed by atoms with van der Waals surface area (Å²) in [5.41, 5.74) is 0. The van der Waals surface area contributed by atoms with E-state index >= 15 is 0 Å². The van der Waals surface area contributed by atoms with E-state index in [9.17, 15) is 0 Å². The molecule has 0 unspecified atom stereocenters. The highest BCUT2D eigenvalue weighted by Gasteiger charge is 2.46. The summed E-state index contributed by atoms with van der Waals surface area (Å²) in [5, 5.41) is 0. The van der Waals surface area contributed by atoms with Crippen molar-refractivity contribution in [3.63, 3.8) is 0 Å². The van der Waals surface area contributed by atoms with Gasteiger partial charge in [0, 0.05) is 0 Å². The Bertz CT molecular complexity index is 61.5. The number of rotatable bonds is 1. The summed E-state index contributed by atoms with van der Waals surface area (Å²) in [6, 6.07) is 0. The van der Waals surface area contributed by atoms with Crippen LogP contribution in [0.1, 0.15) is 0 Å². The summed E-state index contributed by atoms with van der Waals surface area (Å²) in [5.74, 6) is 0. The average molecular weight is 818 g/mol. The molecular weight excluding hydrogens is 818 g/mol. The number of hydrogen-bond donors (Lipinski definition) is 0. The Morgan fingerprint density at radius 3 is 0.625 bits per heavy atom. The van der Waals surface area contributed by atoms with Crippen LogP contribution in [0.15, 0.2) is 0 Å². The molecule has 0 rings (SSSR count). The molecule has 0 aromatic rings. The molecule has 0 aliphatic rings. The van der Waals surface area contributed by atoms with E-state index in [1.807, 2.05) is 0 Å². The first-order valence-electron chi connectivity index (χ1n) is 1.38. The predicted molar refractivity (Wildman–Crippen MR) is 95.6 cm³/mol. The van der Waals surface area contributed by atoms with E-state index in [0.717, 1.165) is 0 Å². The Hall–Kier alpha value is 4.81. The second kappa shape index (κ2) is 4.89. The molecule has 0 aromatic heterocycles. The molecule has 0 N–H and O–H groups in total. The van der Waals surface area contributed by atoms with Gasteiger partial charge in [-0.3, -0.25) is 0 Å². The van der Waals surface area contributed by atoms with Gasteiger partial charge in [0.2, 0.25) is 0 Å². The lowest BCUT2D eigenvalue weighted by Crippen LogP contribution is -2.32. The zero-order valence-corrected chi connectivity index (χ0v) is 18.2. The number of hydrogen-bond acceptors (Lipinski definition) is 0. The van der Waals surface area contributed by atoms with Crippen molar-refractivity contribution in [2.45, 2.75) is 0 Å². The van der Waals surface area contributed by atoms with Gasteiger partial charge < -0.3 is 0 Å². The van der Waals surface area contributed by atoms with Crippen LogP contribution >= 0.6 is 131 Å². The van der Waals surface area contributed by atoms with E-state index in [1.165, 1.54) is 0 Å². The van der Waals surface area contributed by atoms with Crippen molar-refractivity contribution in [3.8, 4) is 0 Å². The van der Waals surface area contributed by atoms with E-state index in [2.05, 4.69) is 131 Å². The van der Waals surface area contributed by atoms with Gasteiger partial charge in [0.05, 0.1) is 0 Å². The van der Waals surface area contributed by atoms with Crippen LogP contribution in [0.2, 0.25) is 0 Å². The SMILES string of the molecule is I[Si](I)(I)[Si](I)(I)I. The Morgan fingerprint density at radius 2 is 0.625 bits per heavy atom. The molecule has 0 aromatic carbocycles. The molecule has 0 saturated heterocycles. The van der Waals surface area contributed by atoms with Crippen LogP contribution in [-0.4, -0.2) is 0.163 Å². The summed E-state index contributed by atoms with van der Waals surface area (Å²) in [6.45, 7) is 0. The molecule has 0 heterocycles. The Morgan fingerprint density at radius 1 is 0.500 bits per heavy atom. The lowest BCUT2D eigenvalue weighted by atomic mass is 27.1. The molecule has 0 atom stereocenters. The Kier molecular flexibility index (Phi) is 7.83. The molecule has 0 aliphatic heterocycles. The maximum absolute atomic E-state index is 2.63. The molecular formula is I6Si2. The fourth-order valence-corrected chi connectivity index (χ4v) is 0. The van der Waals surface area contributed by atoms with Crippen LogP contribution in [0.4, 0.5) is 0 Å². The molecule has 0 bridgehead atoms. The third-order valence-electron chi connectivity index (χ3n) is 0.321. The topological polar surface area (TPSA) is 0 Å². The average Bonchev–Trinajstić information content (AvgIpc) is 1.25. The third kappa shape index (κ3) is 5.46. The quantitative estimate of drug-likeness (QED) is 0.207. The third-order valence-corrected chi connectivity index (χ3v) is 130. The molecule has 50 valence electrons. The predicted octanol–water partition coefficient (Wildman–Crippen LogP) is 4.55. The molecule has 0 fully saturated rings. The maximum Gasteiger partial charge on any atom is 0.275 e. The Balaban J connectivity index is 4.02. The molecule has 8 heavy (non-hydrogen) atoms. The van der Waals surface area contributed by atoms with Gasteiger partial charge in [-0.05, 0) is 0 Å². The fraction of sp³-hybridized carbons (Fsp3) is 0. The van der Waals surface area contributed by atoms with E-state index in [0.29, 0.717) is 0 Å². The highest BCUT2D eigenvalue weighted by molar-refractivity contribution is 14.4. The van der Waals surface area contributed by atoms with Gasteiger partial charge in [0.1, 0.15) is 0 Å². The highest BCUT2D eigenvalue weighted by atomic mass is 127. The van der Waals surface area contributed by atoms with Crippen molar-refractivity contribution < 1.29 is 0 Å². The zero-order valence-electron chi connectivity index (χ0n) is 3.27. The second-order valence-electron chi connectivity index (χ2n) is 0.996. The van der Waals surface area contributed by atoms with Crippen LogP contribution in [0.5, 0.6) is 0 Å². The van der Waals surface area contributed by atoms with Crippen LogP contribution in [0, 0.1) is 0 Å². The second-order valence-corrected chi connectivity index (χ2v) is 92.1. The van der Waals surface area contributed by atoms with Crippen LogP contribution in [0.25, 0.3) is 0 Å². The Labute approximate surface area is 127 Å². The summed E-state index contributed by atoms with van der Waals surface area (Å²) < 4.78 is -1.70. The first-order chi connectivity index (χ1) is 3.25. The normalized spacial score (nSPS) is 14.2. The van der Waals surface area contributed by atoms with Gasteiger partial charge in [0.25, 0.3) is 0.163 Å². The molecule has 8 heteroatoms. The lowest BCUT2D eigenvalue weighted by molar-refractivity contribution is 4.44. The van der Waals surface area contributed by atoms with Crippen molar-refractivity contribution in [3.05, 3.63) is 0 Å². The van der Waals surface area contributed by atoms with Gasteiger partial charge >= 0.3 is 0 Å². The monoisotopic (exact) mass is 817 g/mol. The minimum absolute atomic E-state index is 0.850. The molecule has 0 aliphatic carbocycles. The first-order valence-corrected chi connectivity index (χ1v) is 25.1.